The van der Waals surface area contributed by atoms with Crippen molar-refractivity contribution in [2.75, 3.05) is 13.1 Å². The molecule has 1 aliphatic rings. The van der Waals surface area contributed by atoms with Gasteiger partial charge >= 0.3 is 0 Å². The van der Waals surface area contributed by atoms with E-state index in [0.717, 1.165) is 52.8 Å². The first-order valence-corrected chi connectivity index (χ1v) is 14.7. The lowest BCUT2D eigenvalue weighted by Gasteiger charge is -2.27. The van der Waals surface area contributed by atoms with Gasteiger partial charge in [-0.2, -0.15) is 9.82 Å². The van der Waals surface area contributed by atoms with Gasteiger partial charge in [-0.25, -0.2) is 8.42 Å². The van der Waals surface area contributed by atoms with Gasteiger partial charge in [0.15, 0.2) is 0 Å². The number of carbonyl (C=O) groups is 1. The number of sulfonamides is 1. The lowest BCUT2D eigenvalue weighted by molar-refractivity contribution is -0.132. The van der Waals surface area contributed by atoms with Crippen LogP contribution in [0.1, 0.15) is 36.8 Å². The van der Waals surface area contributed by atoms with Gasteiger partial charge in [-0.05, 0) is 70.6 Å². The SMILES string of the molecule is NN=C(N)c1ccc(C[C@H](NS(=O)(=O)c2ccc3cc4ccccc4cc3c2)C(=O)N2CCCCCC2)cc1. The molecule has 0 saturated carbocycles. The number of fused-ring (bicyclic) bond motifs is 2. The van der Waals surface area contributed by atoms with Crippen LogP contribution in [0, 0.1) is 0 Å². The molecule has 1 fully saturated rings. The molecule has 8 nitrogen and oxygen atoms in total. The molecule has 202 valence electrons. The van der Waals surface area contributed by atoms with Crippen molar-refractivity contribution in [2.24, 2.45) is 16.7 Å². The van der Waals surface area contributed by atoms with Crippen LogP contribution in [0.15, 0.2) is 88.9 Å². The molecular formula is C30H33N5O3S. The molecule has 4 aromatic rings. The summed E-state index contributed by atoms with van der Waals surface area (Å²) >= 11 is 0. The van der Waals surface area contributed by atoms with Crippen molar-refractivity contribution in [3.63, 3.8) is 0 Å². The number of hydrogen-bond acceptors (Lipinski definition) is 5. The van der Waals surface area contributed by atoms with Crippen LogP contribution < -0.4 is 16.3 Å². The third-order valence-corrected chi connectivity index (χ3v) is 8.80. The summed E-state index contributed by atoms with van der Waals surface area (Å²) < 4.78 is 30.0. The summed E-state index contributed by atoms with van der Waals surface area (Å²) in [5, 5.41) is 7.40. The number of benzene rings is 4. The van der Waals surface area contributed by atoms with Gasteiger partial charge in [-0.1, -0.05) is 67.4 Å². The van der Waals surface area contributed by atoms with Crippen molar-refractivity contribution < 1.29 is 13.2 Å². The molecule has 1 aliphatic heterocycles. The predicted molar refractivity (Wildman–Crippen MR) is 156 cm³/mol. The van der Waals surface area contributed by atoms with E-state index >= 15 is 0 Å². The Balaban J connectivity index is 1.45. The summed E-state index contributed by atoms with van der Waals surface area (Å²) in [6, 6.07) is 23.3. The number of amidine groups is 1. The molecule has 0 unspecified atom stereocenters. The van der Waals surface area contributed by atoms with Crippen LogP contribution in [0.5, 0.6) is 0 Å². The summed E-state index contributed by atoms with van der Waals surface area (Å²) in [5.74, 6) is 5.27. The molecule has 4 aromatic carbocycles. The summed E-state index contributed by atoms with van der Waals surface area (Å²) in [7, 11) is -4.00. The highest BCUT2D eigenvalue weighted by molar-refractivity contribution is 7.89. The predicted octanol–water partition coefficient (Wildman–Crippen LogP) is 3.86. The molecular weight excluding hydrogens is 510 g/mol. The van der Waals surface area contributed by atoms with Crippen molar-refractivity contribution in [2.45, 2.75) is 43.0 Å². The molecule has 9 heteroatoms. The van der Waals surface area contributed by atoms with E-state index in [1.807, 2.05) is 54.6 Å². The van der Waals surface area contributed by atoms with Crippen molar-refractivity contribution in [3.8, 4) is 0 Å². The van der Waals surface area contributed by atoms with Crippen LogP contribution in [0.4, 0.5) is 0 Å². The van der Waals surface area contributed by atoms with Crippen molar-refractivity contribution >= 4 is 43.3 Å². The highest BCUT2D eigenvalue weighted by Crippen LogP contribution is 2.26. The molecule has 0 radical (unpaired) electrons. The van der Waals surface area contributed by atoms with Crippen LogP contribution in [0.3, 0.4) is 0 Å². The monoisotopic (exact) mass is 543 g/mol. The van der Waals surface area contributed by atoms with Crippen molar-refractivity contribution in [1.29, 1.82) is 0 Å². The number of hydrogen-bond donors (Lipinski definition) is 3. The third kappa shape index (κ3) is 6.05. The highest BCUT2D eigenvalue weighted by atomic mass is 32.2. The van der Waals surface area contributed by atoms with Crippen molar-refractivity contribution in [3.05, 3.63) is 90.0 Å². The number of rotatable bonds is 7. The standard InChI is InChI=1S/C30H33N5O3S/c31-29(33-32)22-11-9-21(10-12-22)17-28(30(36)35-15-5-1-2-6-16-35)34-39(37,38)27-14-13-25-18-23-7-3-4-8-24(23)19-26(25)20-27/h3-4,7-14,18-20,28,34H,1-2,5-6,15-17,32H2,(H2,31,33)/t28-/m0/s1. The topological polar surface area (TPSA) is 131 Å². The quantitative estimate of drug-likeness (QED) is 0.107. The number of likely N-dealkylation sites (tertiary alicyclic amines) is 1. The summed E-state index contributed by atoms with van der Waals surface area (Å²) in [6.45, 7) is 1.26. The Morgan fingerprint density at radius 1 is 0.846 bits per heavy atom. The minimum Gasteiger partial charge on any atom is -0.382 e. The van der Waals surface area contributed by atoms with E-state index in [4.69, 9.17) is 11.6 Å². The Labute approximate surface area is 228 Å². The molecule has 0 aliphatic carbocycles. The van der Waals surface area contributed by atoms with E-state index in [1.165, 1.54) is 0 Å². The second kappa shape index (κ2) is 11.4. The highest BCUT2D eigenvalue weighted by Gasteiger charge is 2.30. The Kier molecular flexibility index (Phi) is 7.81. The van der Waals surface area contributed by atoms with E-state index in [9.17, 15) is 13.2 Å². The smallest absolute Gasteiger partial charge is 0.241 e. The lowest BCUT2D eigenvalue weighted by Crippen LogP contribution is -2.49. The minimum absolute atomic E-state index is 0.126. The number of amides is 1. The largest absolute Gasteiger partial charge is 0.382 e. The van der Waals surface area contributed by atoms with Crippen LogP contribution >= 0.6 is 0 Å². The van der Waals surface area contributed by atoms with Gasteiger partial charge in [0.2, 0.25) is 15.9 Å². The summed E-state index contributed by atoms with van der Waals surface area (Å²) in [6.07, 6.45) is 4.16. The number of nitrogens with two attached hydrogens (primary N) is 2. The Morgan fingerprint density at radius 2 is 1.46 bits per heavy atom. The normalized spacial score (nSPS) is 15.8. The third-order valence-electron chi connectivity index (χ3n) is 7.33. The zero-order chi connectivity index (χ0) is 27.4. The molecule has 0 spiro atoms. The van der Waals surface area contributed by atoms with E-state index in [2.05, 4.69) is 9.82 Å². The average Bonchev–Trinajstić information content (AvgIpc) is 3.24. The average molecular weight is 544 g/mol. The number of carbonyl (C=O) groups excluding carboxylic acids is 1. The second-order valence-electron chi connectivity index (χ2n) is 10.0. The second-order valence-corrected chi connectivity index (χ2v) is 11.8. The number of nitrogens with zero attached hydrogens (tertiary/aromatic N) is 2. The fraction of sp³-hybridized carbons (Fsp3) is 0.267. The maximum atomic E-state index is 13.7. The van der Waals surface area contributed by atoms with Crippen molar-refractivity contribution in [1.82, 2.24) is 9.62 Å². The Morgan fingerprint density at radius 3 is 2.10 bits per heavy atom. The van der Waals surface area contributed by atoms with Crippen LogP contribution in [-0.2, 0) is 21.2 Å². The molecule has 1 saturated heterocycles. The lowest BCUT2D eigenvalue weighted by atomic mass is 10.0. The van der Waals surface area contributed by atoms with Crippen LogP contribution in [0.25, 0.3) is 21.5 Å². The van der Waals surface area contributed by atoms with E-state index in [1.54, 1.807) is 29.2 Å². The van der Waals surface area contributed by atoms with Gasteiger partial charge in [0.1, 0.15) is 11.9 Å². The molecule has 5 N–H and O–H groups in total. The van der Waals surface area contributed by atoms with Gasteiger partial charge in [0.25, 0.3) is 0 Å². The zero-order valence-corrected chi connectivity index (χ0v) is 22.5. The van der Waals surface area contributed by atoms with Gasteiger partial charge in [0.05, 0.1) is 4.90 Å². The van der Waals surface area contributed by atoms with Gasteiger partial charge in [0, 0.05) is 18.7 Å². The molecule has 5 rings (SSSR count). The van der Waals surface area contributed by atoms with E-state index < -0.39 is 16.1 Å². The maximum Gasteiger partial charge on any atom is 0.241 e. The van der Waals surface area contributed by atoms with Gasteiger partial charge < -0.3 is 16.5 Å². The minimum atomic E-state index is -4.00. The van der Waals surface area contributed by atoms with Gasteiger partial charge in [-0.15, -0.1) is 0 Å². The number of nitrogens with one attached hydrogen (secondary N) is 1. The zero-order valence-electron chi connectivity index (χ0n) is 21.7. The molecule has 39 heavy (non-hydrogen) atoms. The van der Waals surface area contributed by atoms with Crippen LogP contribution in [-0.4, -0.2) is 44.2 Å². The van der Waals surface area contributed by atoms with E-state index in [-0.39, 0.29) is 23.1 Å². The molecule has 0 bridgehead atoms. The Bertz CT molecular complexity index is 1630. The first-order chi connectivity index (χ1) is 18.8. The summed E-state index contributed by atoms with van der Waals surface area (Å²) in [4.78, 5) is 15.6. The molecule has 1 heterocycles. The first-order valence-electron chi connectivity index (χ1n) is 13.2. The van der Waals surface area contributed by atoms with Crippen LogP contribution in [0.2, 0.25) is 0 Å². The fourth-order valence-corrected chi connectivity index (χ4v) is 6.38. The molecule has 1 amide bonds. The first kappa shape index (κ1) is 26.6. The maximum absolute atomic E-state index is 13.7. The molecule has 0 aromatic heterocycles. The molecule has 1 atom stereocenters. The Hall–Kier alpha value is -3.95. The number of hydrazone groups is 1. The van der Waals surface area contributed by atoms with Gasteiger partial charge in [-0.3, -0.25) is 4.79 Å². The fourth-order valence-electron chi connectivity index (χ4n) is 5.15. The van der Waals surface area contributed by atoms with E-state index in [0.29, 0.717) is 18.7 Å². The summed E-state index contributed by atoms with van der Waals surface area (Å²) in [5.41, 5.74) is 7.25.